The van der Waals surface area contributed by atoms with E-state index in [9.17, 15) is 9.59 Å². The first-order valence-corrected chi connectivity index (χ1v) is 6.99. The number of carbonyl (C=O) groups is 2. The number of amides is 1. The number of imidazole rings is 1. The molecule has 1 aromatic carbocycles. The Bertz CT molecular complexity index is 708. The van der Waals surface area contributed by atoms with Crippen molar-refractivity contribution in [3.8, 4) is 0 Å². The monoisotopic (exact) mass is 333 g/mol. The SMILES string of the molecule is Cn1ccnc1CCN1C(=O)C(=O)c2ccc(Br)cc21. The molecule has 0 N–H and O–H groups in total. The van der Waals surface area contributed by atoms with Crippen LogP contribution in [0.5, 0.6) is 0 Å². The van der Waals surface area contributed by atoms with Gasteiger partial charge < -0.3 is 9.47 Å². The number of nitrogens with zero attached hydrogens (tertiary/aromatic N) is 3. The van der Waals surface area contributed by atoms with Crippen molar-refractivity contribution < 1.29 is 9.59 Å². The van der Waals surface area contributed by atoms with Crippen LogP contribution in [0.15, 0.2) is 35.1 Å². The van der Waals surface area contributed by atoms with Crippen molar-refractivity contribution in [2.75, 3.05) is 11.4 Å². The van der Waals surface area contributed by atoms with Crippen LogP contribution in [0.4, 0.5) is 5.69 Å². The molecular formula is C14H12BrN3O2. The van der Waals surface area contributed by atoms with Gasteiger partial charge in [-0.1, -0.05) is 15.9 Å². The predicted molar refractivity (Wildman–Crippen MR) is 77.7 cm³/mol. The van der Waals surface area contributed by atoms with E-state index in [1.54, 1.807) is 24.4 Å². The van der Waals surface area contributed by atoms with Crippen molar-refractivity contribution in [1.29, 1.82) is 0 Å². The Labute approximate surface area is 124 Å². The molecular weight excluding hydrogens is 322 g/mol. The summed E-state index contributed by atoms with van der Waals surface area (Å²) in [7, 11) is 1.91. The Morgan fingerprint density at radius 1 is 1.30 bits per heavy atom. The Kier molecular flexibility index (Phi) is 3.17. The zero-order valence-electron chi connectivity index (χ0n) is 10.8. The molecule has 0 bridgehead atoms. The van der Waals surface area contributed by atoms with E-state index in [-0.39, 0.29) is 0 Å². The maximum atomic E-state index is 12.1. The van der Waals surface area contributed by atoms with Crippen molar-refractivity contribution in [2.24, 2.45) is 7.05 Å². The van der Waals surface area contributed by atoms with E-state index in [0.29, 0.717) is 24.2 Å². The van der Waals surface area contributed by atoms with Crippen molar-refractivity contribution in [2.45, 2.75) is 6.42 Å². The van der Waals surface area contributed by atoms with Crippen molar-refractivity contribution in [1.82, 2.24) is 9.55 Å². The smallest absolute Gasteiger partial charge is 0.299 e. The molecule has 2 heterocycles. The van der Waals surface area contributed by atoms with Gasteiger partial charge >= 0.3 is 0 Å². The zero-order valence-corrected chi connectivity index (χ0v) is 12.4. The minimum atomic E-state index is -0.465. The highest BCUT2D eigenvalue weighted by molar-refractivity contribution is 9.10. The summed E-state index contributed by atoms with van der Waals surface area (Å²) in [6, 6.07) is 5.25. The lowest BCUT2D eigenvalue weighted by Gasteiger charge is -2.16. The average molecular weight is 334 g/mol. The van der Waals surface area contributed by atoms with E-state index in [4.69, 9.17) is 0 Å². The van der Waals surface area contributed by atoms with Crippen LogP contribution in [-0.4, -0.2) is 27.8 Å². The predicted octanol–water partition coefficient (Wildman–Crippen LogP) is 1.95. The summed E-state index contributed by atoms with van der Waals surface area (Å²) in [6.45, 7) is 0.443. The van der Waals surface area contributed by atoms with Gasteiger partial charge in [0.25, 0.3) is 11.7 Å². The standard InChI is InChI=1S/C14H12BrN3O2/c1-17-7-5-16-12(17)4-6-18-11-8-9(15)2-3-10(11)13(19)14(18)20/h2-3,5,7-8H,4,6H2,1H3. The zero-order chi connectivity index (χ0) is 14.3. The number of benzene rings is 1. The second-order valence-electron chi connectivity index (χ2n) is 4.65. The second-order valence-corrected chi connectivity index (χ2v) is 5.57. The van der Waals surface area contributed by atoms with E-state index in [1.807, 2.05) is 17.8 Å². The molecule has 0 unspecified atom stereocenters. The van der Waals surface area contributed by atoms with Crippen LogP contribution in [0, 0.1) is 0 Å². The van der Waals surface area contributed by atoms with Gasteiger partial charge in [-0.05, 0) is 18.2 Å². The molecule has 6 heteroatoms. The molecule has 1 amide bonds. The fraction of sp³-hybridized carbons (Fsp3) is 0.214. The van der Waals surface area contributed by atoms with Gasteiger partial charge in [-0.3, -0.25) is 9.59 Å². The van der Waals surface area contributed by atoms with Gasteiger partial charge in [-0.15, -0.1) is 0 Å². The number of hydrogen-bond donors (Lipinski definition) is 0. The Hall–Kier alpha value is -1.95. The fourth-order valence-corrected chi connectivity index (χ4v) is 2.69. The second kappa shape index (κ2) is 4.86. The summed E-state index contributed by atoms with van der Waals surface area (Å²) in [6.07, 6.45) is 4.18. The first-order chi connectivity index (χ1) is 9.58. The van der Waals surface area contributed by atoms with E-state index in [1.165, 1.54) is 4.90 Å². The van der Waals surface area contributed by atoms with Gasteiger partial charge in [-0.25, -0.2) is 4.98 Å². The van der Waals surface area contributed by atoms with Gasteiger partial charge in [0.15, 0.2) is 0 Å². The number of Topliss-reactive ketones (excluding diaryl/α,β-unsaturated/α-hetero) is 1. The molecule has 102 valence electrons. The highest BCUT2D eigenvalue weighted by atomic mass is 79.9. The molecule has 0 aliphatic carbocycles. The number of anilines is 1. The molecule has 0 atom stereocenters. The highest BCUT2D eigenvalue weighted by Gasteiger charge is 2.35. The van der Waals surface area contributed by atoms with Crippen LogP contribution in [0.3, 0.4) is 0 Å². The van der Waals surface area contributed by atoms with Crippen LogP contribution < -0.4 is 4.90 Å². The third-order valence-electron chi connectivity index (χ3n) is 3.41. The van der Waals surface area contributed by atoms with Gasteiger partial charge in [0.1, 0.15) is 5.82 Å². The van der Waals surface area contributed by atoms with Crippen molar-refractivity contribution in [3.63, 3.8) is 0 Å². The normalized spacial score (nSPS) is 14.0. The number of rotatable bonds is 3. The maximum absolute atomic E-state index is 12.1. The van der Waals surface area contributed by atoms with Gasteiger partial charge in [-0.2, -0.15) is 0 Å². The quantitative estimate of drug-likeness (QED) is 0.807. The molecule has 0 saturated carbocycles. The summed E-state index contributed by atoms with van der Waals surface area (Å²) in [5.74, 6) is -0.0201. The number of aromatic nitrogens is 2. The molecule has 0 radical (unpaired) electrons. The molecule has 20 heavy (non-hydrogen) atoms. The first kappa shape index (κ1) is 13.1. The van der Waals surface area contributed by atoms with E-state index >= 15 is 0 Å². The molecule has 0 saturated heterocycles. The number of carbonyl (C=O) groups excluding carboxylic acids is 2. The first-order valence-electron chi connectivity index (χ1n) is 6.20. The Morgan fingerprint density at radius 3 is 2.80 bits per heavy atom. The number of fused-ring (bicyclic) bond motifs is 1. The Morgan fingerprint density at radius 2 is 2.10 bits per heavy atom. The largest absolute Gasteiger partial charge is 0.338 e. The number of aryl methyl sites for hydroxylation is 1. The minimum Gasteiger partial charge on any atom is -0.338 e. The van der Waals surface area contributed by atoms with Crippen molar-refractivity contribution in [3.05, 3.63) is 46.5 Å². The third-order valence-corrected chi connectivity index (χ3v) is 3.91. The summed E-state index contributed by atoms with van der Waals surface area (Å²) in [5.41, 5.74) is 1.14. The van der Waals surface area contributed by atoms with Crippen LogP contribution >= 0.6 is 15.9 Å². The average Bonchev–Trinajstić information content (AvgIpc) is 2.92. The topological polar surface area (TPSA) is 55.2 Å². The lowest BCUT2D eigenvalue weighted by Crippen LogP contribution is -2.32. The third kappa shape index (κ3) is 2.06. The van der Waals surface area contributed by atoms with Crippen LogP contribution in [0.25, 0.3) is 0 Å². The van der Waals surface area contributed by atoms with Crippen LogP contribution in [-0.2, 0) is 18.3 Å². The van der Waals surface area contributed by atoms with Gasteiger partial charge in [0, 0.05) is 36.9 Å². The number of halogens is 1. The minimum absolute atomic E-state index is 0.438. The van der Waals surface area contributed by atoms with E-state index in [2.05, 4.69) is 20.9 Å². The molecule has 2 aromatic rings. The number of hydrogen-bond acceptors (Lipinski definition) is 3. The van der Waals surface area contributed by atoms with E-state index < -0.39 is 11.7 Å². The van der Waals surface area contributed by atoms with Crippen molar-refractivity contribution >= 4 is 33.3 Å². The summed E-state index contributed by atoms with van der Waals surface area (Å²) in [4.78, 5) is 29.7. The lowest BCUT2D eigenvalue weighted by atomic mass is 10.1. The van der Waals surface area contributed by atoms with Crippen LogP contribution in [0.1, 0.15) is 16.2 Å². The summed E-state index contributed by atoms with van der Waals surface area (Å²) >= 11 is 3.37. The Balaban J connectivity index is 1.87. The highest BCUT2D eigenvalue weighted by Crippen LogP contribution is 2.31. The molecule has 1 aliphatic heterocycles. The molecule has 0 fully saturated rings. The summed E-state index contributed by atoms with van der Waals surface area (Å²) < 4.78 is 2.75. The molecule has 3 rings (SSSR count). The fourth-order valence-electron chi connectivity index (χ4n) is 2.34. The lowest BCUT2D eigenvalue weighted by molar-refractivity contribution is -0.114. The summed E-state index contributed by atoms with van der Waals surface area (Å²) in [5, 5.41) is 0. The number of ketones is 1. The maximum Gasteiger partial charge on any atom is 0.299 e. The molecule has 1 aromatic heterocycles. The van der Waals surface area contributed by atoms with Crippen LogP contribution in [0.2, 0.25) is 0 Å². The molecule has 1 aliphatic rings. The van der Waals surface area contributed by atoms with E-state index in [0.717, 1.165) is 10.3 Å². The molecule has 5 nitrogen and oxygen atoms in total. The van der Waals surface area contributed by atoms with Gasteiger partial charge in [0.2, 0.25) is 0 Å². The van der Waals surface area contributed by atoms with Gasteiger partial charge in [0.05, 0.1) is 11.3 Å². The molecule has 0 spiro atoms.